The van der Waals surface area contributed by atoms with Crippen LogP contribution in [0, 0.1) is 0 Å². The van der Waals surface area contributed by atoms with E-state index in [-0.39, 0.29) is 29.4 Å². The first-order valence-corrected chi connectivity index (χ1v) is 7.23. The van der Waals surface area contributed by atoms with Crippen LogP contribution in [0.1, 0.15) is 19.2 Å². The van der Waals surface area contributed by atoms with Crippen molar-refractivity contribution < 1.29 is 27.8 Å². The molecule has 1 aromatic carbocycles. The third kappa shape index (κ3) is 3.45. The molecule has 0 radical (unpaired) electrons. The summed E-state index contributed by atoms with van der Waals surface area (Å²) in [6.07, 6.45) is -4.21. The Morgan fingerprint density at radius 3 is 2.42 bits per heavy atom. The molecule has 0 aliphatic carbocycles. The van der Waals surface area contributed by atoms with Gasteiger partial charge in [0.15, 0.2) is 11.5 Å². The van der Waals surface area contributed by atoms with Gasteiger partial charge in [-0.15, -0.1) is 0 Å². The largest absolute Gasteiger partial charge is 0.493 e. The van der Waals surface area contributed by atoms with Crippen LogP contribution < -0.4 is 14.8 Å². The summed E-state index contributed by atoms with van der Waals surface area (Å²) in [4.78, 5) is 7.19. The summed E-state index contributed by atoms with van der Waals surface area (Å²) in [6.45, 7) is 1.56. The molecule has 1 aromatic heterocycles. The van der Waals surface area contributed by atoms with Crippen LogP contribution in [0.2, 0.25) is 0 Å². The van der Waals surface area contributed by atoms with E-state index >= 15 is 0 Å². The van der Waals surface area contributed by atoms with Gasteiger partial charge in [-0.2, -0.15) is 13.2 Å². The molecule has 0 amide bonds. The lowest BCUT2D eigenvalue weighted by Crippen LogP contribution is -2.24. The highest BCUT2D eigenvalue weighted by Gasteiger charge is 2.36. The van der Waals surface area contributed by atoms with Crippen LogP contribution >= 0.6 is 0 Å². The van der Waals surface area contributed by atoms with Gasteiger partial charge in [0.25, 0.3) is 0 Å². The number of benzene rings is 1. The van der Waals surface area contributed by atoms with Gasteiger partial charge in [0.1, 0.15) is 11.3 Å². The summed E-state index contributed by atoms with van der Waals surface area (Å²) in [5, 5.41) is 12.5. The molecular formula is C15H18F3N3O3. The molecule has 2 aromatic rings. The van der Waals surface area contributed by atoms with E-state index in [0.717, 1.165) is 0 Å². The third-order valence-corrected chi connectivity index (χ3v) is 3.52. The minimum atomic E-state index is -4.72. The summed E-state index contributed by atoms with van der Waals surface area (Å²) in [5.74, 6) is -0.967. The second-order valence-corrected chi connectivity index (χ2v) is 5.02. The van der Waals surface area contributed by atoms with Crippen LogP contribution in [0.25, 0.3) is 10.9 Å². The molecule has 0 aliphatic rings. The average molecular weight is 345 g/mol. The van der Waals surface area contributed by atoms with Crippen LogP contribution in [0.3, 0.4) is 0 Å². The molecule has 0 saturated carbocycles. The standard InChI is InChI=1S/C15H18F3N3O3/c1-4-8(7-22)19-13-9-5-6-10(23-2)12(24-3)11(9)20-14(21-13)15(16,17)18/h5-6,8,22H,4,7H2,1-3H3,(H,19,20,21). The van der Waals surface area contributed by atoms with Gasteiger partial charge in [-0.1, -0.05) is 6.92 Å². The van der Waals surface area contributed by atoms with Gasteiger partial charge in [-0.3, -0.25) is 0 Å². The van der Waals surface area contributed by atoms with Crippen molar-refractivity contribution in [3.63, 3.8) is 0 Å². The Kier molecular flexibility index (Phi) is 5.33. The zero-order chi connectivity index (χ0) is 17.9. The van der Waals surface area contributed by atoms with Crippen molar-refractivity contribution >= 4 is 16.7 Å². The van der Waals surface area contributed by atoms with E-state index in [4.69, 9.17) is 9.47 Å². The number of alkyl halides is 3. The fourth-order valence-corrected chi connectivity index (χ4v) is 2.22. The first-order valence-electron chi connectivity index (χ1n) is 7.23. The van der Waals surface area contributed by atoms with Crippen LogP contribution in [0.15, 0.2) is 12.1 Å². The first kappa shape index (κ1) is 18.1. The highest BCUT2D eigenvalue weighted by molar-refractivity contribution is 5.95. The molecule has 0 aliphatic heterocycles. The second-order valence-electron chi connectivity index (χ2n) is 5.02. The molecule has 24 heavy (non-hydrogen) atoms. The molecule has 1 atom stereocenters. The number of nitrogens with one attached hydrogen (secondary N) is 1. The molecule has 2 rings (SSSR count). The monoisotopic (exact) mass is 345 g/mol. The Hall–Kier alpha value is -2.29. The number of methoxy groups -OCH3 is 2. The minimum Gasteiger partial charge on any atom is -0.493 e. The van der Waals surface area contributed by atoms with Crippen LogP contribution in [0.5, 0.6) is 11.5 Å². The summed E-state index contributed by atoms with van der Waals surface area (Å²) in [7, 11) is 2.70. The number of rotatable bonds is 6. The quantitative estimate of drug-likeness (QED) is 0.838. The topological polar surface area (TPSA) is 76.5 Å². The number of aromatic nitrogens is 2. The van der Waals surface area contributed by atoms with E-state index in [1.54, 1.807) is 19.1 Å². The van der Waals surface area contributed by atoms with Crippen molar-refractivity contribution in [1.82, 2.24) is 9.97 Å². The van der Waals surface area contributed by atoms with Gasteiger partial charge in [-0.05, 0) is 18.6 Å². The smallest absolute Gasteiger partial charge is 0.451 e. The van der Waals surface area contributed by atoms with Crippen molar-refractivity contribution in [1.29, 1.82) is 0 Å². The maximum absolute atomic E-state index is 13.1. The zero-order valence-corrected chi connectivity index (χ0v) is 13.4. The molecular weight excluding hydrogens is 327 g/mol. The Balaban J connectivity index is 2.75. The normalized spacial score (nSPS) is 13.0. The Morgan fingerprint density at radius 1 is 1.21 bits per heavy atom. The van der Waals surface area contributed by atoms with Crippen molar-refractivity contribution in [3.8, 4) is 11.5 Å². The molecule has 2 N–H and O–H groups in total. The van der Waals surface area contributed by atoms with Crippen molar-refractivity contribution in [2.75, 3.05) is 26.1 Å². The summed E-state index contributed by atoms with van der Waals surface area (Å²) in [5.41, 5.74) is -0.0190. The van der Waals surface area contributed by atoms with Gasteiger partial charge in [0.2, 0.25) is 5.82 Å². The van der Waals surface area contributed by atoms with Crippen molar-refractivity contribution in [2.24, 2.45) is 0 Å². The Labute approximate surface area is 136 Å². The average Bonchev–Trinajstić information content (AvgIpc) is 2.57. The van der Waals surface area contributed by atoms with Gasteiger partial charge in [0.05, 0.1) is 26.9 Å². The van der Waals surface area contributed by atoms with E-state index in [9.17, 15) is 18.3 Å². The first-order chi connectivity index (χ1) is 11.3. The fourth-order valence-electron chi connectivity index (χ4n) is 2.22. The molecule has 1 unspecified atom stereocenters. The van der Waals surface area contributed by atoms with Crippen LogP contribution in [-0.2, 0) is 6.18 Å². The number of ether oxygens (including phenoxy) is 2. The molecule has 132 valence electrons. The van der Waals surface area contributed by atoms with Gasteiger partial charge < -0.3 is 19.9 Å². The third-order valence-electron chi connectivity index (χ3n) is 3.52. The van der Waals surface area contributed by atoms with E-state index in [0.29, 0.717) is 11.8 Å². The zero-order valence-electron chi connectivity index (χ0n) is 13.4. The van der Waals surface area contributed by atoms with Gasteiger partial charge in [0, 0.05) is 5.39 Å². The SMILES string of the molecule is CCC(CO)Nc1nc(C(F)(F)F)nc2c(OC)c(OC)ccc12. The van der Waals surface area contributed by atoms with Crippen LogP contribution in [0.4, 0.5) is 19.0 Å². The van der Waals surface area contributed by atoms with Gasteiger partial charge in [-0.25, -0.2) is 9.97 Å². The summed E-state index contributed by atoms with van der Waals surface area (Å²) in [6, 6.07) is 2.67. The highest BCUT2D eigenvalue weighted by Crippen LogP contribution is 2.38. The van der Waals surface area contributed by atoms with E-state index < -0.39 is 18.0 Å². The lowest BCUT2D eigenvalue weighted by atomic mass is 10.1. The predicted molar refractivity (Wildman–Crippen MR) is 82.4 cm³/mol. The predicted octanol–water partition coefficient (Wildman–Crippen LogP) is 2.85. The molecule has 1 heterocycles. The van der Waals surface area contributed by atoms with Crippen molar-refractivity contribution in [2.45, 2.75) is 25.6 Å². The Morgan fingerprint density at radius 2 is 1.92 bits per heavy atom. The molecule has 0 saturated heterocycles. The molecule has 6 nitrogen and oxygen atoms in total. The van der Waals surface area contributed by atoms with E-state index in [1.165, 1.54) is 14.2 Å². The summed E-state index contributed by atoms with van der Waals surface area (Å²) < 4.78 is 49.7. The van der Waals surface area contributed by atoms with Gasteiger partial charge >= 0.3 is 6.18 Å². The van der Waals surface area contributed by atoms with Crippen LogP contribution in [-0.4, -0.2) is 41.9 Å². The minimum absolute atomic E-state index is 0.0190. The number of fused-ring (bicyclic) bond motifs is 1. The van der Waals surface area contributed by atoms with E-state index in [2.05, 4.69) is 15.3 Å². The summed E-state index contributed by atoms with van der Waals surface area (Å²) >= 11 is 0. The number of nitrogens with zero attached hydrogens (tertiary/aromatic N) is 2. The lowest BCUT2D eigenvalue weighted by Gasteiger charge is -2.19. The lowest BCUT2D eigenvalue weighted by molar-refractivity contribution is -0.144. The maximum atomic E-state index is 13.1. The number of halogens is 3. The maximum Gasteiger partial charge on any atom is 0.451 e. The molecule has 0 fully saturated rings. The number of aliphatic hydroxyl groups excluding tert-OH is 1. The number of hydrogen-bond donors (Lipinski definition) is 2. The molecule has 0 bridgehead atoms. The second kappa shape index (κ2) is 7.08. The number of hydrogen-bond acceptors (Lipinski definition) is 6. The number of aliphatic hydroxyl groups is 1. The van der Waals surface area contributed by atoms with E-state index in [1.807, 2.05) is 0 Å². The van der Waals surface area contributed by atoms with Crippen molar-refractivity contribution in [3.05, 3.63) is 18.0 Å². The Bertz CT molecular complexity index is 718. The molecule has 9 heteroatoms. The number of anilines is 1. The fraction of sp³-hybridized carbons (Fsp3) is 0.467. The molecule has 0 spiro atoms. The highest BCUT2D eigenvalue weighted by atomic mass is 19.4.